The number of nitrogens with one attached hydrogen (secondary N) is 1. The largest absolute Gasteiger partial charge is 0.444 e. The van der Waals surface area contributed by atoms with E-state index < -0.39 is 5.60 Å². The number of aromatic nitrogens is 6. The number of piperazine rings is 1. The van der Waals surface area contributed by atoms with Crippen molar-refractivity contribution in [3.05, 3.63) is 36.7 Å². The summed E-state index contributed by atoms with van der Waals surface area (Å²) in [6, 6.07) is 7.97. The molecule has 1 saturated heterocycles. The van der Waals surface area contributed by atoms with Gasteiger partial charge in [-0.1, -0.05) is 5.21 Å². The Labute approximate surface area is 209 Å². The monoisotopic (exact) mass is 489 g/mol. The molecule has 1 aliphatic rings. The Kier molecular flexibility index (Phi) is 6.07. The van der Waals surface area contributed by atoms with Crippen LogP contribution in [0.3, 0.4) is 0 Å². The van der Waals surface area contributed by atoms with Gasteiger partial charge in [-0.2, -0.15) is 0 Å². The highest BCUT2D eigenvalue weighted by molar-refractivity contribution is 6.01. The summed E-state index contributed by atoms with van der Waals surface area (Å²) in [6.45, 7) is 12.4. The van der Waals surface area contributed by atoms with Crippen molar-refractivity contribution in [3.8, 4) is 0 Å². The fraction of sp³-hybridized carbons (Fsp3) is 0.440. The number of hydrogen-bond acceptors (Lipinski definition) is 9. The predicted octanol–water partition coefficient (Wildman–Crippen LogP) is 4.15. The van der Waals surface area contributed by atoms with Crippen LogP contribution in [0.5, 0.6) is 0 Å². The molecule has 0 radical (unpaired) electrons. The van der Waals surface area contributed by atoms with Crippen LogP contribution in [-0.2, 0) is 4.74 Å². The van der Waals surface area contributed by atoms with Crippen molar-refractivity contribution < 1.29 is 9.53 Å². The number of carbonyl (C=O) groups is 1. The summed E-state index contributed by atoms with van der Waals surface area (Å²) in [7, 11) is 0. The maximum absolute atomic E-state index is 12.3. The summed E-state index contributed by atoms with van der Waals surface area (Å²) < 4.78 is 7.36. The van der Waals surface area contributed by atoms with Gasteiger partial charge >= 0.3 is 6.09 Å². The summed E-state index contributed by atoms with van der Waals surface area (Å²) in [5, 5.41) is 12.7. The van der Waals surface area contributed by atoms with E-state index in [4.69, 9.17) is 9.72 Å². The molecule has 5 rings (SSSR count). The van der Waals surface area contributed by atoms with Crippen molar-refractivity contribution in [1.82, 2.24) is 34.8 Å². The molecule has 4 heterocycles. The van der Waals surface area contributed by atoms with Crippen LogP contribution in [0.2, 0.25) is 0 Å². The Morgan fingerprint density at radius 3 is 2.47 bits per heavy atom. The highest BCUT2D eigenvalue weighted by atomic mass is 16.6. The molecule has 0 unspecified atom stereocenters. The zero-order valence-electron chi connectivity index (χ0n) is 21.3. The molecule has 1 amide bonds. The normalized spacial score (nSPS) is 14.6. The number of anilines is 3. The molecule has 0 saturated carbocycles. The molecule has 0 aliphatic carbocycles. The Bertz CT molecular complexity index is 1380. The highest BCUT2D eigenvalue weighted by Gasteiger charge is 2.26. The predicted molar refractivity (Wildman–Crippen MR) is 139 cm³/mol. The van der Waals surface area contributed by atoms with Crippen molar-refractivity contribution in [2.24, 2.45) is 0 Å². The van der Waals surface area contributed by atoms with Gasteiger partial charge in [0, 0.05) is 43.8 Å². The van der Waals surface area contributed by atoms with Crippen molar-refractivity contribution in [1.29, 1.82) is 0 Å². The van der Waals surface area contributed by atoms with Crippen LogP contribution in [0.25, 0.3) is 21.9 Å². The van der Waals surface area contributed by atoms with Crippen LogP contribution >= 0.6 is 0 Å². The van der Waals surface area contributed by atoms with Crippen molar-refractivity contribution in [2.45, 2.75) is 46.3 Å². The molecule has 11 heteroatoms. The lowest BCUT2D eigenvalue weighted by Gasteiger charge is -2.36. The fourth-order valence-electron chi connectivity index (χ4n) is 4.18. The highest BCUT2D eigenvalue weighted by Crippen LogP contribution is 2.26. The fourth-order valence-corrected chi connectivity index (χ4v) is 4.18. The van der Waals surface area contributed by atoms with E-state index in [-0.39, 0.29) is 12.1 Å². The van der Waals surface area contributed by atoms with Crippen LogP contribution in [0.1, 0.15) is 40.7 Å². The molecule has 1 aromatic carbocycles. The molecule has 3 aromatic heterocycles. The van der Waals surface area contributed by atoms with E-state index in [0.717, 1.165) is 40.7 Å². The van der Waals surface area contributed by atoms with Gasteiger partial charge in [0.05, 0.1) is 11.9 Å². The molecular weight excluding hydrogens is 458 g/mol. The maximum Gasteiger partial charge on any atom is 0.410 e. The third-order valence-corrected chi connectivity index (χ3v) is 5.96. The van der Waals surface area contributed by atoms with Crippen LogP contribution < -0.4 is 10.2 Å². The topological polar surface area (TPSA) is 114 Å². The van der Waals surface area contributed by atoms with E-state index in [2.05, 4.69) is 44.3 Å². The number of benzene rings is 1. The minimum atomic E-state index is -0.492. The van der Waals surface area contributed by atoms with Gasteiger partial charge in [-0.25, -0.2) is 24.4 Å². The Balaban J connectivity index is 1.28. The van der Waals surface area contributed by atoms with E-state index in [1.54, 1.807) is 11.1 Å². The van der Waals surface area contributed by atoms with Crippen LogP contribution in [0, 0.1) is 0 Å². The van der Waals surface area contributed by atoms with Gasteiger partial charge in [-0.05, 0) is 58.9 Å². The molecular formula is C25H31N9O2. The Morgan fingerprint density at radius 1 is 1.03 bits per heavy atom. The van der Waals surface area contributed by atoms with Gasteiger partial charge in [-0.3, -0.25) is 0 Å². The third-order valence-electron chi connectivity index (χ3n) is 5.96. The average molecular weight is 490 g/mol. The summed E-state index contributed by atoms with van der Waals surface area (Å²) in [5.41, 5.74) is 2.99. The first-order chi connectivity index (χ1) is 17.2. The minimum absolute atomic E-state index is 0.159. The Morgan fingerprint density at radius 2 is 1.81 bits per heavy atom. The third kappa shape index (κ3) is 4.86. The lowest BCUT2D eigenvalue weighted by molar-refractivity contribution is 0.0240. The SMILES string of the molecule is CC(C)n1nnc2ccc3cnc(Nc4ccc(N5CCN(C(=O)OC(C)(C)C)CC5)cn4)nc3c21. The summed E-state index contributed by atoms with van der Waals surface area (Å²) in [4.78, 5) is 30.0. The number of carbonyl (C=O) groups excluding carboxylic acids is 1. The van der Waals surface area contributed by atoms with Crippen LogP contribution in [0.15, 0.2) is 36.7 Å². The minimum Gasteiger partial charge on any atom is -0.444 e. The molecule has 1 fully saturated rings. The first kappa shape index (κ1) is 23.7. The Hall–Kier alpha value is -4.02. The van der Waals surface area contributed by atoms with Gasteiger partial charge in [0.15, 0.2) is 0 Å². The van der Waals surface area contributed by atoms with E-state index in [1.165, 1.54) is 0 Å². The van der Waals surface area contributed by atoms with Crippen molar-refractivity contribution in [3.63, 3.8) is 0 Å². The first-order valence-electron chi connectivity index (χ1n) is 12.1. The number of ether oxygens (including phenoxy) is 1. The van der Waals surface area contributed by atoms with Gasteiger partial charge < -0.3 is 19.9 Å². The van der Waals surface area contributed by atoms with E-state index in [9.17, 15) is 4.79 Å². The number of amides is 1. The van der Waals surface area contributed by atoms with Gasteiger partial charge in [0.1, 0.15) is 28.0 Å². The number of pyridine rings is 1. The second-order valence-corrected chi connectivity index (χ2v) is 10.2. The number of hydrogen-bond donors (Lipinski definition) is 1. The summed E-state index contributed by atoms with van der Waals surface area (Å²) in [5.74, 6) is 1.10. The summed E-state index contributed by atoms with van der Waals surface area (Å²) >= 11 is 0. The molecule has 0 atom stereocenters. The smallest absolute Gasteiger partial charge is 0.410 e. The molecule has 1 aliphatic heterocycles. The molecule has 188 valence electrons. The number of rotatable bonds is 4. The lowest BCUT2D eigenvalue weighted by atomic mass is 10.2. The first-order valence-corrected chi connectivity index (χ1v) is 12.1. The van der Waals surface area contributed by atoms with Gasteiger partial charge in [0.2, 0.25) is 5.95 Å². The molecule has 11 nitrogen and oxygen atoms in total. The van der Waals surface area contributed by atoms with Crippen LogP contribution in [-0.4, -0.2) is 72.7 Å². The van der Waals surface area contributed by atoms with E-state index in [0.29, 0.717) is 24.9 Å². The summed E-state index contributed by atoms with van der Waals surface area (Å²) in [6.07, 6.45) is 3.35. The van der Waals surface area contributed by atoms with Gasteiger partial charge in [0.25, 0.3) is 0 Å². The average Bonchev–Trinajstić information content (AvgIpc) is 3.29. The zero-order valence-corrected chi connectivity index (χ0v) is 21.3. The maximum atomic E-state index is 12.3. The van der Waals surface area contributed by atoms with Crippen molar-refractivity contribution in [2.75, 3.05) is 36.4 Å². The second kappa shape index (κ2) is 9.21. The van der Waals surface area contributed by atoms with Crippen molar-refractivity contribution >= 4 is 45.5 Å². The quantitative estimate of drug-likeness (QED) is 0.451. The van der Waals surface area contributed by atoms with Gasteiger partial charge in [-0.15, -0.1) is 5.10 Å². The lowest BCUT2D eigenvalue weighted by Crippen LogP contribution is -2.50. The second-order valence-electron chi connectivity index (χ2n) is 10.2. The number of nitrogens with zero attached hydrogens (tertiary/aromatic N) is 8. The zero-order chi connectivity index (χ0) is 25.4. The molecule has 36 heavy (non-hydrogen) atoms. The molecule has 4 aromatic rings. The van der Waals surface area contributed by atoms with E-state index >= 15 is 0 Å². The van der Waals surface area contributed by atoms with E-state index in [1.807, 2.05) is 55.9 Å². The molecule has 0 spiro atoms. The number of fused-ring (bicyclic) bond motifs is 3. The van der Waals surface area contributed by atoms with Crippen LogP contribution in [0.4, 0.5) is 22.2 Å². The molecule has 0 bridgehead atoms. The standard InChI is InChI=1S/C25H31N9O2/c1-16(2)34-22-19(30-31-34)8-6-17-14-27-23(29-21(17)22)28-20-9-7-18(15-26-20)32-10-12-33(13-11-32)24(35)36-25(3,4)5/h6-9,14-16H,10-13H2,1-5H3,(H,26,27,28,29). The molecule has 1 N–H and O–H groups in total.